The van der Waals surface area contributed by atoms with Crippen molar-refractivity contribution in [2.45, 2.75) is 20.3 Å². The van der Waals surface area contributed by atoms with Crippen LogP contribution in [0.1, 0.15) is 25.0 Å². The van der Waals surface area contributed by atoms with Gasteiger partial charge in [-0.1, -0.05) is 29.8 Å². The van der Waals surface area contributed by atoms with E-state index in [1.807, 2.05) is 18.2 Å². The molecule has 2 amide bonds. The lowest BCUT2D eigenvalue weighted by atomic mass is 9.90. The quantitative estimate of drug-likeness (QED) is 0.764. The van der Waals surface area contributed by atoms with Crippen molar-refractivity contribution in [2.75, 3.05) is 11.9 Å². The number of nitriles is 1. The lowest BCUT2D eigenvalue weighted by molar-refractivity contribution is -0.138. The molecule has 0 heterocycles. The standard InChI is InChI=1S/C20H20ClN3O2/c1-20(2,19(26)24-17-5-3-4-15(12-17)13-22)18(25)23-11-10-14-6-8-16(21)9-7-14/h3-9,12H,10-11H2,1-2H3,(H,23,25)(H,24,26). The van der Waals surface area contributed by atoms with Gasteiger partial charge in [-0.25, -0.2) is 0 Å². The summed E-state index contributed by atoms with van der Waals surface area (Å²) in [4.78, 5) is 24.9. The molecule has 0 spiro atoms. The van der Waals surface area contributed by atoms with Crippen molar-refractivity contribution >= 4 is 29.1 Å². The van der Waals surface area contributed by atoms with E-state index in [1.54, 1.807) is 50.2 Å². The molecule has 0 saturated carbocycles. The first kappa shape index (κ1) is 19.5. The molecule has 2 aromatic rings. The Morgan fingerprint density at radius 3 is 2.46 bits per heavy atom. The number of halogens is 1. The first-order valence-corrected chi connectivity index (χ1v) is 8.55. The highest BCUT2D eigenvalue weighted by Gasteiger charge is 2.35. The largest absolute Gasteiger partial charge is 0.355 e. The molecule has 0 atom stereocenters. The van der Waals surface area contributed by atoms with Crippen LogP contribution in [0.3, 0.4) is 0 Å². The maximum atomic E-state index is 12.5. The molecule has 5 nitrogen and oxygen atoms in total. The number of carbonyl (C=O) groups excluding carboxylic acids is 2. The van der Waals surface area contributed by atoms with Gasteiger partial charge in [0, 0.05) is 17.3 Å². The van der Waals surface area contributed by atoms with E-state index in [0.717, 1.165) is 5.56 Å². The average molecular weight is 370 g/mol. The summed E-state index contributed by atoms with van der Waals surface area (Å²) in [5, 5.41) is 15.1. The second-order valence-corrected chi connectivity index (χ2v) is 6.84. The van der Waals surface area contributed by atoms with Crippen LogP contribution in [0.4, 0.5) is 5.69 Å². The van der Waals surface area contributed by atoms with Gasteiger partial charge in [0.15, 0.2) is 0 Å². The Labute approximate surface area is 158 Å². The van der Waals surface area contributed by atoms with Gasteiger partial charge in [-0.15, -0.1) is 0 Å². The summed E-state index contributed by atoms with van der Waals surface area (Å²) >= 11 is 5.84. The highest BCUT2D eigenvalue weighted by atomic mass is 35.5. The summed E-state index contributed by atoms with van der Waals surface area (Å²) in [5.74, 6) is -0.794. The van der Waals surface area contributed by atoms with Gasteiger partial charge < -0.3 is 10.6 Å². The van der Waals surface area contributed by atoms with E-state index < -0.39 is 11.3 Å². The molecule has 0 unspecified atom stereocenters. The smallest absolute Gasteiger partial charge is 0.239 e. The number of nitrogens with one attached hydrogen (secondary N) is 2. The third-order valence-corrected chi connectivity index (χ3v) is 4.25. The third kappa shape index (κ3) is 5.08. The van der Waals surface area contributed by atoms with Crippen molar-refractivity contribution in [3.05, 3.63) is 64.7 Å². The first-order valence-electron chi connectivity index (χ1n) is 8.17. The van der Waals surface area contributed by atoms with E-state index in [1.165, 1.54) is 0 Å². The van der Waals surface area contributed by atoms with Gasteiger partial charge in [-0.05, 0) is 56.2 Å². The first-order chi connectivity index (χ1) is 12.3. The molecule has 0 aliphatic heterocycles. The van der Waals surface area contributed by atoms with E-state index in [9.17, 15) is 9.59 Å². The van der Waals surface area contributed by atoms with Gasteiger partial charge in [-0.3, -0.25) is 9.59 Å². The van der Waals surface area contributed by atoms with Crippen LogP contribution in [0, 0.1) is 16.7 Å². The van der Waals surface area contributed by atoms with Crippen LogP contribution in [0.25, 0.3) is 0 Å². The number of hydrogen-bond donors (Lipinski definition) is 2. The van der Waals surface area contributed by atoms with Gasteiger partial charge in [0.25, 0.3) is 0 Å². The summed E-state index contributed by atoms with van der Waals surface area (Å²) in [6, 6.07) is 16.0. The topological polar surface area (TPSA) is 82.0 Å². The van der Waals surface area contributed by atoms with Crippen LogP contribution in [-0.4, -0.2) is 18.4 Å². The van der Waals surface area contributed by atoms with E-state index in [2.05, 4.69) is 10.6 Å². The fourth-order valence-electron chi connectivity index (χ4n) is 2.25. The van der Waals surface area contributed by atoms with Crippen LogP contribution in [0.2, 0.25) is 5.02 Å². The SMILES string of the molecule is CC(C)(C(=O)NCCc1ccc(Cl)cc1)C(=O)Nc1cccc(C#N)c1. The fourth-order valence-corrected chi connectivity index (χ4v) is 2.38. The van der Waals surface area contributed by atoms with Crippen molar-refractivity contribution in [1.29, 1.82) is 5.26 Å². The zero-order chi connectivity index (χ0) is 19.2. The molecular formula is C20H20ClN3O2. The van der Waals surface area contributed by atoms with Crippen LogP contribution in [0.5, 0.6) is 0 Å². The molecule has 0 aliphatic rings. The number of amides is 2. The molecule has 0 saturated heterocycles. The molecule has 2 N–H and O–H groups in total. The van der Waals surface area contributed by atoms with Crippen molar-refractivity contribution in [3.63, 3.8) is 0 Å². The van der Waals surface area contributed by atoms with Crippen molar-refractivity contribution in [1.82, 2.24) is 5.32 Å². The predicted octanol–water partition coefficient (Wildman–Crippen LogP) is 3.54. The van der Waals surface area contributed by atoms with Crippen LogP contribution < -0.4 is 10.6 Å². The summed E-state index contributed by atoms with van der Waals surface area (Å²) in [6.45, 7) is 3.54. The van der Waals surface area contributed by atoms with Gasteiger partial charge in [0.1, 0.15) is 5.41 Å². The molecule has 0 aromatic heterocycles. The monoisotopic (exact) mass is 369 g/mol. The molecule has 2 rings (SSSR count). The molecule has 26 heavy (non-hydrogen) atoms. The maximum Gasteiger partial charge on any atom is 0.239 e. The summed E-state index contributed by atoms with van der Waals surface area (Å²) in [5.41, 5.74) is 0.720. The average Bonchev–Trinajstić information content (AvgIpc) is 2.63. The second kappa shape index (κ2) is 8.50. The van der Waals surface area contributed by atoms with E-state index in [4.69, 9.17) is 16.9 Å². The highest BCUT2D eigenvalue weighted by molar-refractivity contribution is 6.30. The molecular weight excluding hydrogens is 350 g/mol. The molecule has 2 aromatic carbocycles. The number of rotatable bonds is 6. The van der Waals surface area contributed by atoms with Crippen molar-refractivity contribution < 1.29 is 9.59 Å². The number of nitrogens with zero attached hydrogens (tertiary/aromatic N) is 1. The third-order valence-electron chi connectivity index (χ3n) is 4.00. The van der Waals surface area contributed by atoms with Crippen LogP contribution >= 0.6 is 11.6 Å². The van der Waals surface area contributed by atoms with Crippen molar-refractivity contribution in [2.24, 2.45) is 5.41 Å². The molecule has 0 aliphatic carbocycles. The minimum Gasteiger partial charge on any atom is -0.355 e. The number of hydrogen-bond acceptors (Lipinski definition) is 3. The van der Waals surface area contributed by atoms with Gasteiger partial charge in [0.2, 0.25) is 11.8 Å². The van der Waals surface area contributed by atoms with E-state index in [-0.39, 0.29) is 5.91 Å². The Kier molecular flexibility index (Phi) is 6.37. The Hall–Kier alpha value is -2.84. The normalized spacial score (nSPS) is 10.7. The summed E-state index contributed by atoms with van der Waals surface area (Å²) in [7, 11) is 0. The molecule has 134 valence electrons. The van der Waals surface area contributed by atoms with E-state index >= 15 is 0 Å². The summed E-state index contributed by atoms with van der Waals surface area (Å²) < 4.78 is 0. The van der Waals surface area contributed by atoms with Crippen molar-refractivity contribution in [3.8, 4) is 6.07 Å². The fraction of sp³-hybridized carbons (Fsp3) is 0.250. The highest BCUT2D eigenvalue weighted by Crippen LogP contribution is 2.20. The molecule has 6 heteroatoms. The Morgan fingerprint density at radius 2 is 1.81 bits per heavy atom. The lowest BCUT2D eigenvalue weighted by Gasteiger charge is -2.22. The zero-order valence-electron chi connectivity index (χ0n) is 14.7. The zero-order valence-corrected chi connectivity index (χ0v) is 15.4. The van der Waals surface area contributed by atoms with E-state index in [0.29, 0.717) is 29.2 Å². The Bertz CT molecular complexity index is 839. The van der Waals surface area contributed by atoms with Crippen LogP contribution in [0.15, 0.2) is 48.5 Å². The number of anilines is 1. The molecule has 0 radical (unpaired) electrons. The number of carbonyl (C=O) groups is 2. The Morgan fingerprint density at radius 1 is 1.12 bits per heavy atom. The predicted molar refractivity (Wildman–Crippen MR) is 102 cm³/mol. The molecule has 0 fully saturated rings. The second-order valence-electron chi connectivity index (χ2n) is 6.40. The molecule has 0 bridgehead atoms. The number of benzene rings is 2. The van der Waals surface area contributed by atoms with Gasteiger partial charge in [0.05, 0.1) is 11.6 Å². The minimum atomic E-state index is -1.25. The summed E-state index contributed by atoms with van der Waals surface area (Å²) in [6.07, 6.45) is 0.644. The van der Waals surface area contributed by atoms with Gasteiger partial charge >= 0.3 is 0 Å². The minimum absolute atomic E-state index is 0.361. The lowest BCUT2D eigenvalue weighted by Crippen LogP contribution is -2.45. The Balaban J connectivity index is 1.92. The maximum absolute atomic E-state index is 12.5. The van der Waals surface area contributed by atoms with Crippen LogP contribution in [-0.2, 0) is 16.0 Å². The van der Waals surface area contributed by atoms with Gasteiger partial charge in [-0.2, -0.15) is 5.26 Å².